The van der Waals surface area contributed by atoms with E-state index in [0.717, 1.165) is 47.3 Å². The monoisotopic (exact) mass is 1180 g/mol. The zero-order valence-electron chi connectivity index (χ0n) is 46.0. The first-order chi connectivity index (χ1) is 40.8. The van der Waals surface area contributed by atoms with Crippen LogP contribution in [0.5, 0.6) is 17.4 Å². The topological polar surface area (TPSA) is 342 Å². The van der Waals surface area contributed by atoms with E-state index in [9.17, 15) is 44.7 Å². The van der Waals surface area contributed by atoms with Crippen LogP contribution in [0.2, 0.25) is 0 Å². The molecule has 0 spiro atoms. The summed E-state index contributed by atoms with van der Waals surface area (Å²) >= 11 is 0.760. The molecule has 0 aliphatic carbocycles. The van der Waals surface area contributed by atoms with E-state index in [1.54, 1.807) is 42.5 Å². The number of unbranched alkanes of at least 4 members (excludes halogenated alkanes) is 3. The van der Waals surface area contributed by atoms with Crippen LogP contribution < -0.4 is 35.6 Å². The number of carboxylic acids is 1. The maximum atomic E-state index is 13.4. The van der Waals surface area contributed by atoms with Crippen molar-refractivity contribution in [3.63, 3.8) is 0 Å². The number of carboxylic acid groups (broad SMARTS) is 1. The van der Waals surface area contributed by atoms with E-state index >= 15 is 0 Å². The predicted molar refractivity (Wildman–Crippen MR) is 312 cm³/mol. The number of aliphatic hydroxyl groups is 5. The summed E-state index contributed by atoms with van der Waals surface area (Å²) in [6.45, 7) is -0.245. The third-order valence-corrected chi connectivity index (χ3v) is 13.6. The lowest BCUT2D eigenvalue weighted by molar-refractivity contribution is -0.432. The molecule has 0 aliphatic rings. The number of nitrogens with zero attached hydrogens (tertiary/aromatic N) is 3. The van der Waals surface area contributed by atoms with Gasteiger partial charge in [0.15, 0.2) is 0 Å². The highest BCUT2D eigenvalue weighted by molar-refractivity contribution is 7.94. The predicted octanol–water partition coefficient (Wildman–Crippen LogP) is 6.13. The minimum Gasteiger partial charge on any atom is -0.493 e. The Labute approximate surface area is 490 Å². The normalized spacial score (nSPS) is 13.0. The number of aliphatic hydroxyl groups excluding tert-OH is 5. The van der Waals surface area contributed by atoms with E-state index in [2.05, 4.69) is 59.0 Å². The van der Waals surface area contributed by atoms with Crippen LogP contribution in [0.1, 0.15) is 79.3 Å². The van der Waals surface area contributed by atoms with Gasteiger partial charge in [-0.05, 0) is 98.9 Å². The van der Waals surface area contributed by atoms with Crippen LogP contribution in [0.3, 0.4) is 0 Å². The first-order valence-corrected chi connectivity index (χ1v) is 28.1. The van der Waals surface area contributed by atoms with E-state index in [1.807, 2.05) is 54.6 Å². The van der Waals surface area contributed by atoms with Gasteiger partial charge in [0.05, 0.1) is 62.0 Å². The summed E-state index contributed by atoms with van der Waals surface area (Å²) in [4.78, 5) is 60.9. The molecule has 0 aliphatic heterocycles. The standard InChI is InChI=1S/C60H71N7O16S/c68-39-49(70)58(75)57(74)48(69)38-63-60(77)46(66-59(76)43-26-28-53(62-36-43)67-64-37-42-20-8-9-24-52(42)84-83-82-78)21-10-11-30-61-54(71)25-15-33-80-51-23-14-22-50(45(51)27-29-56(72)73)79-31-12-3-13-32-81-55-35-44(40-16-4-1-5-17-40)34-47(65-55)41-18-6-2-7-19-41/h1-2,4-9,14,16-20,22-24,26,28,34-37,46,48-49,57-58,68-70,74-75,78H,3,10-13,15,21,25,27,29-33,38-39H2,(H,61,71)(H,62,67)(H,63,77)(H,66,76)(H,72,73)/b64-37+. The molecule has 5 unspecified atom stereocenters. The van der Waals surface area contributed by atoms with Crippen LogP contribution in [0.25, 0.3) is 22.4 Å². The number of hydrogen-bond donors (Lipinski definition) is 11. The van der Waals surface area contributed by atoms with Crippen molar-refractivity contribution in [2.45, 2.75) is 99.6 Å². The van der Waals surface area contributed by atoms with E-state index in [4.69, 9.17) is 29.6 Å². The van der Waals surface area contributed by atoms with Gasteiger partial charge >= 0.3 is 5.97 Å². The maximum absolute atomic E-state index is 13.4. The second kappa shape index (κ2) is 35.8. The van der Waals surface area contributed by atoms with Crippen molar-refractivity contribution >= 4 is 47.8 Å². The van der Waals surface area contributed by atoms with Gasteiger partial charge in [-0.25, -0.2) is 15.2 Å². The molecule has 0 fully saturated rings. The summed E-state index contributed by atoms with van der Waals surface area (Å²) in [5, 5.41) is 83.3. The number of hydrazone groups is 1. The summed E-state index contributed by atoms with van der Waals surface area (Å²) in [7, 11) is 0. The number of rotatable bonds is 38. The SMILES string of the molecule is O=C(O)CCc1c(OCCCCCOc2cc(-c3ccccc3)cc(-c3ccccc3)n2)cccc1OCCCC(=O)NCCCCC(NC(=O)c1ccc(N/N=C/c2ccccc2SOOO)nc1)C(=O)NCC(O)C(O)C(O)C(O)CO. The molecule has 4 aromatic carbocycles. The van der Waals surface area contributed by atoms with Crippen LogP contribution in [0.15, 0.2) is 144 Å². The van der Waals surface area contributed by atoms with Gasteiger partial charge in [0.25, 0.3) is 5.91 Å². The Morgan fingerprint density at radius 1 is 0.679 bits per heavy atom. The number of aliphatic carboxylic acids is 1. The summed E-state index contributed by atoms with van der Waals surface area (Å²) < 4.78 is 22.9. The summed E-state index contributed by atoms with van der Waals surface area (Å²) in [6, 6.07) is 38.0. The van der Waals surface area contributed by atoms with Crippen LogP contribution in [0, 0.1) is 0 Å². The first-order valence-electron chi connectivity index (χ1n) is 27.4. The maximum Gasteiger partial charge on any atom is 0.303 e. The number of anilines is 1. The fourth-order valence-corrected chi connectivity index (χ4v) is 8.83. The third kappa shape index (κ3) is 21.9. The molecular formula is C60H71N7O16S. The molecule has 84 heavy (non-hydrogen) atoms. The molecule has 24 heteroatoms. The summed E-state index contributed by atoms with van der Waals surface area (Å²) in [5.41, 5.74) is 7.93. The van der Waals surface area contributed by atoms with Crippen molar-refractivity contribution in [3.8, 4) is 39.8 Å². The number of aromatic nitrogens is 2. The molecule has 5 atom stereocenters. The molecule has 6 rings (SSSR count). The van der Waals surface area contributed by atoms with Crippen LogP contribution in [-0.4, -0.2) is 146 Å². The smallest absolute Gasteiger partial charge is 0.303 e. The molecular weight excluding hydrogens is 1110 g/mol. The van der Waals surface area contributed by atoms with Crippen LogP contribution >= 0.6 is 12.0 Å². The Morgan fingerprint density at radius 2 is 1.36 bits per heavy atom. The van der Waals surface area contributed by atoms with E-state index in [1.165, 1.54) is 24.5 Å². The molecule has 23 nitrogen and oxygen atoms in total. The first kappa shape index (κ1) is 65.1. The minimum atomic E-state index is -1.93. The van der Waals surface area contributed by atoms with Gasteiger partial charge < -0.3 is 60.8 Å². The second-order valence-corrected chi connectivity index (χ2v) is 19.9. The van der Waals surface area contributed by atoms with Crippen molar-refractivity contribution in [2.24, 2.45) is 5.10 Å². The molecule has 448 valence electrons. The van der Waals surface area contributed by atoms with Gasteiger partial charge in [0.2, 0.25) is 17.7 Å². The Morgan fingerprint density at radius 3 is 2.05 bits per heavy atom. The Hall–Kier alpha value is -8.04. The fourth-order valence-electron chi connectivity index (χ4n) is 8.37. The molecule has 2 heterocycles. The van der Waals surface area contributed by atoms with Crippen LogP contribution in [-0.2, 0) is 30.2 Å². The number of pyridine rings is 2. The molecule has 0 saturated heterocycles. The second-order valence-electron chi connectivity index (χ2n) is 19.1. The van der Waals surface area contributed by atoms with Gasteiger partial charge in [0.1, 0.15) is 41.7 Å². The highest BCUT2D eigenvalue weighted by Gasteiger charge is 2.31. The van der Waals surface area contributed by atoms with Crippen molar-refractivity contribution in [3.05, 3.63) is 150 Å². The van der Waals surface area contributed by atoms with Gasteiger partial charge in [-0.1, -0.05) is 90.0 Å². The number of benzene rings is 4. The van der Waals surface area contributed by atoms with Crippen molar-refractivity contribution in [1.29, 1.82) is 0 Å². The molecule has 11 N–H and O–H groups in total. The van der Waals surface area contributed by atoms with Crippen molar-refractivity contribution in [1.82, 2.24) is 25.9 Å². The minimum absolute atomic E-state index is 0.0739. The molecule has 6 aromatic rings. The molecule has 0 radical (unpaired) electrons. The lowest BCUT2D eigenvalue weighted by atomic mass is 10.0. The molecule has 0 bridgehead atoms. The number of carbonyl (C=O) groups is 4. The van der Waals surface area contributed by atoms with Crippen molar-refractivity contribution < 1.29 is 78.7 Å². The highest BCUT2D eigenvalue weighted by atomic mass is 32.2. The van der Waals surface area contributed by atoms with E-state index in [-0.39, 0.29) is 56.1 Å². The number of nitrogens with one attached hydrogen (secondary N) is 4. The molecule has 0 saturated carbocycles. The molecule has 2 aromatic heterocycles. The summed E-state index contributed by atoms with van der Waals surface area (Å²) in [6.07, 6.45) is -1.07. The Kier molecular flexibility index (Phi) is 27.8. The highest BCUT2D eigenvalue weighted by Crippen LogP contribution is 2.32. The lowest BCUT2D eigenvalue weighted by Gasteiger charge is -2.26. The Balaban J connectivity index is 0.936. The number of hydrogen-bond acceptors (Lipinski definition) is 20. The van der Waals surface area contributed by atoms with E-state index < -0.39 is 61.4 Å². The van der Waals surface area contributed by atoms with E-state index in [0.29, 0.717) is 72.3 Å². The fraction of sp³-hybridized carbons (Fsp3) is 0.350. The number of ether oxygens (including phenoxy) is 3. The van der Waals surface area contributed by atoms with Gasteiger partial charge in [-0.3, -0.25) is 24.6 Å². The summed E-state index contributed by atoms with van der Waals surface area (Å²) in [5.74, 6) is -0.857. The van der Waals surface area contributed by atoms with Gasteiger partial charge in [0, 0.05) is 59.8 Å². The van der Waals surface area contributed by atoms with Crippen LogP contribution in [0.4, 0.5) is 5.82 Å². The average molecular weight is 1180 g/mol. The van der Waals surface area contributed by atoms with Gasteiger partial charge in [-0.2, -0.15) is 5.10 Å². The quantitative estimate of drug-likeness (QED) is 0.00683. The number of carbonyl (C=O) groups excluding carboxylic acids is 3. The zero-order valence-corrected chi connectivity index (χ0v) is 46.9. The lowest BCUT2D eigenvalue weighted by Crippen LogP contribution is -2.52. The zero-order chi connectivity index (χ0) is 59.9. The third-order valence-electron chi connectivity index (χ3n) is 12.9. The average Bonchev–Trinajstić information content (AvgIpc) is 3.72. The largest absolute Gasteiger partial charge is 0.493 e. The van der Waals surface area contributed by atoms with Crippen molar-refractivity contribution in [2.75, 3.05) is 44.9 Å². The Bertz CT molecular complexity index is 2950. The molecule has 3 amide bonds. The number of amides is 3. The van der Waals surface area contributed by atoms with Gasteiger partial charge in [-0.15, -0.1) is 4.33 Å².